The van der Waals surface area contributed by atoms with Crippen molar-refractivity contribution in [3.63, 3.8) is 0 Å². The molecule has 1 atom stereocenters. The molecule has 0 N–H and O–H groups in total. The minimum Gasteiger partial charge on any atom is -0.493 e. The molecule has 2 nitrogen and oxygen atoms in total. The van der Waals surface area contributed by atoms with Crippen molar-refractivity contribution in [2.75, 3.05) is 20.3 Å². The third-order valence-electron chi connectivity index (χ3n) is 2.97. The third kappa shape index (κ3) is 2.04. The zero-order valence-corrected chi connectivity index (χ0v) is 10.6. The van der Waals surface area contributed by atoms with Crippen LogP contribution in [0, 0.1) is 0 Å². The van der Waals surface area contributed by atoms with Gasteiger partial charge in [0.05, 0.1) is 13.2 Å². The Morgan fingerprint density at radius 1 is 1.53 bits per heavy atom. The van der Waals surface area contributed by atoms with E-state index in [2.05, 4.69) is 28.9 Å². The van der Waals surface area contributed by atoms with Gasteiger partial charge in [-0.05, 0) is 24.6 Å². The molecule has 0 fully saturated rings. The fourth-order valence-electron chi connectivity index (χ4n) is 2.09. The molecule has 1 heterocycles. The Kier molecular flexibility index (Phi) is 3.03. The number of ether oxygens (including phenoxy) is 2. The van der Waals surface area contributed by atoms with Gasteiger partial charge in [-0.25, -0.2) is 0 Å². The summed E-state index contributed by atoms with van der Waals surface area (Å²) < 4.78 is 12.0. The van der Waals surface area contributed by atoms with E-state index in [-0.39, 0.29) is 5.41 Å². The van der Waals surface area contributed by atoms with Crippen LogP contribution >= 0.6 is 15.9 Å². The average Bonchev–Trinajstić information content (AvgIpc) is 2.20. The Hall–Kier alpha value is -0.540. The van der Waals surface area contributed by atoms with Crippen LogP contribution < -0.4 is 4.74 Å². The van der Waals surface area contributed by atoms with Crippen LogP contribution in [0.25, 0.3) is 0 Å². The fraction of sp³-hybridized carbons (Fsp3) is 0.500. The quantitative estimate of drug-likeness (QED) is 0.822. The first-order chi connectivity index (χ1) is 7.15. The predicted molar refractivity (Wildman–Crippen MR) is 63.5 cm³/mol. The maximum Gasteiger partial charge on any atom is 0.123 e. The zero-order valence-electron chi connectivity index (χ0n) is 9.05. The van der Waals surface area contributed by atoms with E-state index >= 15 is 0 Å². The average molecular weight is 271 g/mol. The summed E-state index contributed by atoms with van der Waals surface area (Å²) in [6.45, 7) is 3.73. The molecule has 1 aliphatic rings. The van der Waals surface area contributed by atoms with Gasteiger partial charge in [-0.15, -0.1) is 0 Å². The van der Waals surface area contributed by atoms with Crippen molar-refractivity contribution in [2.24, 2.45) is 0 Å². The zero-order chi connectivity index (χ0) is 10.9. The molecule has 1 aromatic rings. The van der Waals surface area contributed by atoms with E-state index in [1.807, 2.05) is 12.1 Å². The fourth-order valence-corrected chi connectivity index (χ4v) is 2.45. The summed E-state index contributed by atoms with van der Waals surface area (Å²) >= 11 is 3.50. The number of benzene rings is 1. The van der Waals surface area contributed by atoms with Crippen LogP contribution in [0.2, 0.25) is 0 Å². The molecule has 0 amide bonds. The summed E-state index contributed by atoms with van der Waals surface area (Å²) in [6.07, 6.45) is 1.00. The van der Waals surface area contributed by atoms with E-state index in [1.54, 1.807) is 7.11 Å². The number of methoxy groups -OCH3 is 1. The largest absolute Gasteiger partial charge is 0.493 e. The molecule has 82 valence electrons. The Bertz CT molecular complexity index is 365. The molecular weight excluding hydrogens is 256 g/mol. The van der Waals surface area contributed by atoms with Gasteiger partial charge in [0.1, 0.15) is 5.75 Å². The molecular formula is C12H15BrO2. The first kappa shape index (κ1) is 11.0. The second-order valence-electron chi connectivity index (χ2n) is 4.23. The van der Waals surface area contributed by atoms with Crippen LogP contribution in [0.5, 0.6) is 5.75 Å². The summed E-state index contributed by atoms with van der Waals surface area (Å²) in [5, 5.41) is 0. The normalized spacial score (nSPS) is 24.5. The van der Waals surface area contributed by atoms with Gasteiger partial charge in [0.25, 0.3) is 0 Å². The minimum atomic E-state index is 0.0755. The topological polar surface area (TPSA) is 18.5 Å². The standard InChI is InChI=1S/C12H15BrO2/c1-12(8-14-2)5-6-15-11-4-3-9(13)7-10(11)12/h3-4,7H,5-6,8H2,1-2H3. The monoisotopic (exact) mass is 270 g/mol. The maximum absolute atomic E-state index is 5.64. The van der Waals surface area contributed by atoms with Gasteiger partial charge in [-0.2, -0.15) is 0 Å². The van der Waals surface area contributed by atoms with E-state index in [1.165, 1.54) is 5.56 Å². The first-order valence-corrected chi connectivity index (χ1v) is 5.87. The van der Waals surface area contributed by atoms with Gasteiger partial charge in [0.15, 0.2) is 0 Å². The number of hydrogen-bond acceptors (Lipinski definition) is 2. The Morgan fingerprint density at radius 2 is 2.33 bits per heavy atom. The van der Waals surface area contributed by atoms with Crippen LogP contribution in [0.4, 0.5) is 0 Å². The van der Waals surface area contributed by atoms with Crippen LogP contribution in [0.1, 0.15) is 18.9 Å². The van der Waals surface area contributed by atoms with Gasteiger partial charge in [0.2, 0.25) is 0 Å². The van der Waals surface area contributed by atoms with Gasteiger partial charge in [-0.1, -0.05) is 22.9 Å². The molecule has 15 heavy (non-hydrogen) atoms. The van der Waals surface area contributed by atoms with Crippen LogP contribution in [0.15, 0.2) is 22.7 Å². The number of rotatable bonds is 2. The van der Waals surface area contributed by atoms with Gasteiger partial charge >= 0.3 is 0 Å². The van der Waals surface area contributed by atoms with Crippen molar-refractivity contribution >= 4 is 15.9 Å². The highest BCUT2D eigenvalue weighted by atomic mass is 79.9. The summed E-state index contributed by atoms with van der Waals surface area (Å²) in [4.78, 5) is 0. The summed E-state index contributed by atoms with van der Waals surface area (Å²) in [5.41, 5.74) is 1.32. The smallest absolute Gasteiger partial charge is 0.123 e. The molecule has 1 unspecified atom stereocenters. The number of hydrogen-bond donors (Lipinski definition) is 0. The Balaban J connectivity index is 2.44. The lowest BCUT2D eigenvalue weighted by Crippen LogP contribution is -2.34. The van der Waals surface area contributed by atoms with Crippen molar-refractivity contribution < 1.29 is 9.47 Å². The summed E-state index contributed by atoms with van der Waals surface area (Å²) in [6, 6.07) is 6.16. The minimum absolute atomic E-state index is 0.0755. The second-order valence-corrected chi connectivity index (χ2v) is 5.15. The number of halogens is 1. The molecule has 0 aliphatic carbocycles. The van der Waals surface area contributed by atoms with E-state index in [0.717, 1.165) is 29.9 Å². The van der Waals surface area contributed by atoms with E-state index in [0.29, 0.717) is 0 Å². The molecule has 3 heteroatoms. The lowest BCUT2D eigenvalue weighted by molar-refractivity contribution is 0.106. The van der Waals surface area contributed by atoms with Crippen molar-refractivity contribution in [1.29, 1.82) is 0 Å². The SMILES string of the molecule is COCC1(C)CCOc2ccc(Br)cc21. The lowest BCUT2D eigenvalue weighted by Gasteiger charge is -2.35. The first-order valence-electron chi connectivity index (χ1n) is 5.07. The molecule has 0 spiro atoms. The predicted octanol–water partition coefficient (Wildman–Crippen LogP) is 3.14. The Morgan fingerprint density at radius 3 is 3.07 bits per heavy atom. The van der Waals surface area contributed by atoms with Gasteiger partial charge < -0.3 is 9.47 Å². The van der Waals surface area contributed by atoms with E-state index < -0.39 is 0 Å². The molecule has 1 aromatic carbocycles. The molecule has 0 saturated carbocycles. The van der Waals surface area contributed by atoms with Crippen LogP contribution in [-0.4, -0.2) is 20.3 Å². The molecule has 0 bridgehead atoms. The van der Waals surface area contributed by atoms with Crippen molar-refractivity contribution in [3.8, 4) is 5.75 Å². The van der Waals surface area contributed by atoms with Crippen LogP contribution in [0.3, 0.4) is 0 Å². The summed E-state index contributed by atoms with van der Waals surface area (Å²) in [5.74, 6) is 0.990. The molecule has 0 aromatic heterocycles. The Labute approximate surface area is 98.7 Å². The van der Waals surface area contributed by atoms with Crippen molar-refractivity contribution in [3.05, 3.63) is 28.2 Å². The highest BCUT2D eigenvalue weighted by Gasteiger charge is 2.33. The van der Waals surface area contributed by atoms with Crippen LogP contribution in [-0.2, 0) is 10.2 Å². The lowest BCUT2D eigenvalue weighted by atomic mass is 9.78. The van der Waals surface area contributed by atoms with Gasteiger partial charge in [0, 0.05) is 22.6 Å². The molecule has 2 rings (SSSR count). The highest BCUT2D eigenvalue weighted by molar-refractivity contribution is 9.10. The highest BCUT2D eigenvalue weighted by Crippen LogP contribution is 2.40. The molecule has 0 saturated heterocycles. The molecule has 1 aliphatic heterocycles. The van der Waals surface area contributed by atoms with E-state index in [9.17, 15) is 0 Å². The van der Waals surface area contributed by atoms with E-state index in [4.69, 9.17) is 9.47 Å². The number of fused-ring (bicyclic) bond motifs is 1. The van der Waals surface area contributed by atoms with Crippen molar-refractivity contribution in [1.82, 2.24) is 0 Å². The van der Waals surface area contributed by atoms with Crippen molar-refractivity contribution in [2.45, 2.75) is 18.8 Å². The van der Waals surface area contributed by atoms with Gasteiger partial charge in [-0.3, -0.25) is 0 Å². The maximum atomic E-state index is 5.64. The molecule has 0 radical (unpaired) electrons. The third-order valence-corrected chi connectivity index (χ3v) is 3.46. The second kappa shape index (κ2) is 4.14. The summed E-state index contributed by atoms with van der Waals surface area (Å²) in [7, 11) is 1.75.